The standard InChI is InChI=1S/C19H23N3O5S/c1-20-19(23)14-27-17-6-8-18(9-7-17)28(24,25)21-15-2-4-16(5-3-15)22-10-12-26-13-11-22/h2-9,21H,10-14H2,1H3,(H,20,23). The first-order valence-electron chi connectivity index (χ1n) is 8.87. The number of carbonyl (C=O) groups is 1. The summed E-state index contributed by atoms with van der Waals surface area (Å²) in [6.07, 6.45) is 0. The van der Waals surface area contributed by atoms with Gasteiger partial charge >= 0.3 is 0 Å². The Morgan fingerprint density at radius 2 is 1.71 bits per heavy atom. The van der Waals surface area contributed by atoms with Gasteiger partial charge < -0.3 is 19.7 Å². The Labute approximate surface area is 164 Å². The number of amides is 1. The average Bonchev–Trinajstić information content (AvgIpc) is 2.73. The second kappa shape index (κ2) is 8.94. The zero-order valence-electron chi connectivity index (χ0n) is 15.6. The summed E-state index contributed by atoms with van der Waals surface area (Å²) in [6.45, 7) is 2.89. The molecule has 0 unspecified atom stereocenters. The van der Waals surface area contributed by atoms with Crippen molar-refractivity contribution in [2.45, 2.75) is 4.90 Å². The summed E-state index contributed by atoms with van der Waals surface area (Å²) < 4.78 is 38.3. The summed E-state index contributed by atoms with van der Waals surface area (Å²) in [7, 11) is -2.21. The van der Waals surface area contributed by atoms with Crippen LogP contribution < -0.4 is 19.7 Å². The number of benzene rings is 2. The molecule has 2 aromatic rings. The second-order valence-corrected chi connectivity index (χ2v) is 7.87. The predicted octanol–water partition coefficient (Wildman–Crippen LogP) is 1.45. The van der Waals surface area contributed by atoms with E-state index in [1.807, 2.05) is 12.1 Å². The number of carbonyl (C=O) groups excluding carboxylic acids is 1. The summed E-state index contributed by atoms with van der Waals surface area (Å²) in [4.78, 5) is 13.5. The molecule has 0 spiro atoms. The number of rotatable bonds is 7. The molecule has 1 saturated heterocycles. The van der Waals surface area contributed by atoms with Crippen LogP contribution in [0, 0.1) is 0 Å². The van der Waals surface area contributed by atoms with E-state index >= 15 is 0 Å². The van der Waals surface area contributed by atoms with Crippen LogP contribution in [0.3, 0.4) is 0 Å². The van der Waals surface area contributed by atoms with E-state index < -0.39 is 10.0 Å². The largest absolute Gasteiger partial charge is 0.484 e. The van der Waals surface area contributed by atoms with E-state index in [1.165, 1.54) is 31.3 Å². The van der Waals surface area contributed by atoms with Gasteiger partial charge in [-0.3, -0.25) is 9.52 Å². The first-order valence-corrected chi connectivity index (χ1v) is 10.4. The van der Waals surface area contributed by atoms with Gasteiger partial charge in [0.05, 0.1) is 18.1 Å². The number of anilines is 2. The van der Waals surface area contributed by atoms with E-state index in [1.54, 1.807) is 12.1 Å². The fraction of sp³-hybridized carbons (Fsp3) is 0.316. The minimum absolute atomic E-state index is 0.108. The molecule has 1 heterocycles. The molecule has 0 atom stereocenters. The van der Waals surface area contributed by atoms with E-state index in [0.717, 1.165) is 18.8 Å². The van der Waals surface area contributed by atoms with Crippen molar-refractivity contribution in [3.8, 4) is 5.75 Å². The molecular weight excluding hydrogens is 382 g/mol. The Morgan fingerprint density at radius 3 is 2.32 bits per heavy atom. The monoisotopic (exact) mass is 405 g/mol. The molecule has 1 fully saturated rings. The average molecular weight is 405 g/mol. The molecule has 1 aliphatic heterocycles. The quantitative estimate of drug-likeness (QED) is 0.724. The summed E-state index contributed by atoms with van der Waals surface area (Å²) in [5, 5.41) is 2.44. The van der Waals surface area contributed by atoms with Crippen LogP contribution in [0.5, 0.6) is 5.75 Å². The minimum Gasteiger partial charge on any atom is -0.484 e. The summed E-state index contributed by atoms with van der Waals surface area (Å²) in [6, 6.07) is 13.1. The molecular formula is C19H23N3O5S. The van der Waals surface area contributed by atoms with Crippen molar-refractivity contribution >= 4 is 27.3 Å². The molecule has 0 radical (unpaired) electrons. The van der Waals surface area contributed by atoms with Gasteiger partial charge in [-0.1, -0.05) is 0 Å². The van der Waals surface area contributed by atoms with Gasteiger partial charge in [-0.05, 0) is 48.5 Å². The molecule has 8 nitrogen and oxygen atoms in total. The molecule has 2 aromatic carbocycles. The molecule has 0 aromatic heterocycles. The fourth-order valence-electron chi connectivity index (χ4n) is 2.71. The predicted molar refractivity (Wildman–Crippen MR) is 106 cm³/mol. The lowest BCUT2D eigenvalue weighted by atomic mass is 10.2. The van der Waals surface area contributed by atoms with Crippen molar-refractivity contribution in [2.24, 2.45) is 0 Å². The number of nitrogens with zero attached hydrogens (tertiary/aromatic N) is 1. The summed E-state index contributed by atoms with van der Waals surface area (Å²) in [5.74, 6) is 0.149. The van der Waals surface area contributed by atoms with E-state index in [-0.39, 0.29) is 17.4 Å². The Balaban J connectivity index is 1.63. The van der Waals surface area contributed by atoms with Crippen LogP contribution in [0.4, 0.5) is 11.4 Å². The van der Waals surface area contributed by atoms with Gasteiger partial charge in [0, 0.05) is 31.5 Å². The first-order chi connectivity index (χ1) is 13.5. The van der Waals surface area contributed by atoms with Crippen molar-refractivity contribution in [2.75, 3.05) is 49.6 Å². The molecule has 1 amide bonds. The molecule has 0 bridgehead atoms. The number of likely N-dealkylation sites (N-methyl/N-ethyl adjacent to an activating group) is 1. The van der Waals surface area contributed by atoms with E-state index in [9.17, 15) is 13.2 Å². The maximum atomic E-state index is 12.6. The lowest BCUT2D eigenvalue weighted by Crippen LogP contribution is -2.36. The van der Waals surface area contributed by atoms with Crippen molar-refractivity contribution in [1.29, 1.82) is 0 Å². The highest BCUT2D eigenvalue weighted by Crippen LogP contribution is 2.22. The summed E-state index contributed by atoms with van der Waals surface area (Å²) >= 11 is 0. The van der Waals surface area contributed by atoms with Crippen LogP contribution in [0.15, 0.2) is 53.4 Å². The molecule has 0 aliphatic carbocycles. The topological polar surface area (TPSA) is 97.0 Å². The zero-order chi connectivity index (χ0) is 20.0. The van der Waals surface area contributed by atoms with Gasteiger partial charge in [0.15, 0.2) is 6.61 Å². The number of hydrogen-bond donors (Lipinski definition) is 2. The number of sulfonamides is 1. The van der Waals surface area contributed by atoms with Crippen LogP contribution in [0.2, 0.25) is 0 Å². The third-order valence-corrected chi connectivity index (χ3v) is 5.68. The van der Waals surface area contributed by atoms with Crippen LogP contribution >= 0.6 is 0 Å². The van der Waals surface area contributed by atoms with Crippen LogP contribution in [0.1, 0.15) is 0 Å². The van der Waals surface area contributed by atoms with E-state index in [0.29, 0.717) is 24.7 Å². The Kier molecular flexibility index (Phi) is 6.37. The van der Waals surface area contributed by atoms with Crippen molar-refractivity contribution in [1.82, 2.24) is 5.32 Å². The minimum atomic E-state index is -3.72. The number of hydrogen-bond acceptors (Lipinski definition) is 6. The first kappa shape index (κ1) is 20.0. The van der Waals surface area contributed by atoms with Gasteiger partial charge in [-0.2, -0.15) is 0 Å². The molecule has 2 N–H and O–H groups in total. The molecule has 28 heavy (non-hydrogen) atoms. The molecule has 9 heteroatoms. The fourth-order valence-corrected chi connectivity index (χ4v) is 3.77. The number of ether oxygens (including phenoxy) is 2. The molecule has 3 rings (SSSR count). The molecule has 1 aliphatic rings. The number of nitrogens with one attached hydrogen (secondary N) is 2. The van der Waals surface area contributed by atoms with Crippen molar-refractivity contribution in [3.63, 3.8) is 0 Å². The second-order valence-electron chi connectivity index (χ2n) is 6.19. The van der Waals surface area contributed by atoms with E-state index in [4.69, 9.17) is 9.47 Å². The Bertz CT molecular complexity index is 892. The summed E-state index contributed by atoms with van der Waals surface area (Å²) in [5.41, 5.74) is 1.51. The van der Waals surface area contributed by atoms with Gasteiger partial charge in [-0.25, -0.2) is 8.42 Å². The van der Waals surface area contributed by atoms with Gasteiger partial charge in [0.25, 0.3) is 15.9 Å². The highest BCUT2D eigenvalue weighted by molar-refractivity contribution is 7.92. The van der Waals surface area contributed by atoms with Gasteiger partial charge in [0.1, 0.15) is 5.75 Å². The molecule has 0 saturated carbocycles. The molecule has 150 valence electrons. The maximum absolute atomic E-state index is 12.6. The van der Waals surface area contributed by atoms with Crippen molar-refractivity contribution < 1.29 is 22.7 Å². The normalized spacial score (nSPS) is 14.4. The maximum Gasteiger partial charge on any atom is 0.261 e. The zero-order valence-corrected chi connectivity index (χ0v) is 16.4. The lowest BCUT2D eigenvalue weighted by molar-refractivity contribution is -0.122. The van der Waals surface area contributed by atoms with E-state index in [2.05, 4.69) is 14.9 Å². The van der Waals surface area contributed by atoms with Crippen LogP contribution in [0.25, 0.3) is 0 Å². The lowest BCUT2D eigenvalue weighted by Gasteiger charge is -2.28. The van der Waals surface area contributed by atoms with Crippen LogP contribution in [-0.4, -0.2) is 54.3 Å². The third kappa shape index (κ3) is 5.14. The highest BCUT2D eigenvalue weighted by Gasteiger charge is 2.15. The van der Waals surface area contributed by atoms with Gasteiger partial charge in [-0.15, -0.1) is 0 Å². The van der Waals surface area contributed by atoms with Crippen molar-refractivity contribution in [3.05, 3.63) is 48.5 Å². The van der Waals surface area contributed by atoms with Crippen LogP contribution in [-0.2, 0) is 19.6 Å². The third-order valence-electron chi connectivity index (χ3n) is 4.28. The Morgan fingerprint density at radius 1 is 1.07 bits per heavy atom. The SMILES string of the molecule is CNC(=O)COc1ccc(S(=O)(=O)Nc2ccc(N3CCOCC3)cc2)cc1. The number of morpholine rings is 1. The smallest absolute Gasteiger partial charge is 0.261 e. The van der Waals surface area contributed by atoms with Gasteiger partial charge in [0.2, 0.25) is 0 Å². The highest BCUT2D eigenvalue weighted by atomic mass is 32.2. The Hall–Kier alpha value is -2.78.